The summed E-state index contributed by atoms with van der Waals surface area (Å²) in [5.74, 6) is 0.765. The molecule has 82 valence electrons. The number of nitrogens with zero attached hydrogens (tertiary/aromatic N) is 3. The van der Waals surface area contributed by atoms with E-state index in [0.29, 0.717) is 5.56 Å². The van der Waals surface area contributed by atoms with Gasteiger partial charge in [0.05, 0.1) is 17.5 Å². The second-order valence-corrected chi connectivity index (χ2v) is 3.80. The highest BCUT2D eigenvalue weighted by atomic mass is 16.1. The normalized spacial score (nSPS) is 10.4. The van der Waals surface area contributed by atoms with Crippen molar-refractivity contribution in [3.05, 3.63) is 41.3 Å². The van der Waals surface area contributed by atoms with Crippen molar-refractivity contribution in [1.29, 1.82) is 0 Å². The molecule has 0 aliphatic heterocycles. The first-order valence-corrected chi connectivity index (χ1v) is 5.08. The maximum Gasteiger partial charge on any atom is 0.163 e. The summed E-state index contributed by atoms with van der Waals surface area (Å²) >= 11 is 0. The lowest BCUT2D eigenvalue weighted by atomic mass is 10.2. The van der Waals surface area contributed by atoms with Crippen LogP contribution in [0.4, 0.5) is 0 Å². The molecule has 4 nitrogen and oxygen atoms in total. The maximum absolute atomic E-state index is 11.3. The van der Waals surface area contributed by atoms with E-state index in [9.17, 15) is 4.79 Å². The molecule has 0 aromatic carbocycles. The van der Waals surface area contributed by atoms with Crippen LogP contribution in [-0.2, 0) is 0 Å². The van der Waals surface area contributed by atoms with Gasteiger partial charge in [-0.2, -0.15) is 5.10 Å². The zero-order chi connectivity index (χ0) is 11.7. The van der Waals surface area contributed by atoms with E-state index in [1.165, 1.54) is 6.92 Å². The first-order valence-electron chi connectivity index (χ1n) is 5.08. The Balaban J connectivity index is 2.53. The van der Waals surface area contributed by atoms with E-state index in [-0.39, 0.29) is 5.78 Å². The lowest BCUT2D eigenvalue weighted by molar-refractivity contribution is 0.101. The summed E-state index contributed by atoms with van der Waals surface area (Å²) in [5.41, 5.74) is 2.58. The Kier molecular flexibility index (Phi) is 2.56. The van der Waals surface area contributed by atoms with Crippen LogP contribution in [-0.4, -0.2) is 20.5 Å². The van der Waals surface area contributed by atoms with Gasteiger partial charge in [-0.25, -0.2) is 9.67 Å². The highest BCUT2D eigenvalue weighted by Crippen LogP contribution is 2.13. The topological polar surface area (TPSA) is 47.8 Å². The van der Waals surface area contributed by atoms with Crippen LogP contribution >= 0.6 is 0 Å². The SMILES string of the molecule is CC(=O)c1cnn(-c2cc(C)ccn2)c1C. The van der Waals surface area contributed by atoms with Crippen molar-refractivity contribution in [2.75, 3.05) is 0 Å². The summed E-state index contributed by atoms with van der Waals surface area (Å²) in [7, 11) is 0. The van der Waals surface area contributed by atoms with Gasteiger partial charge in [-0.1, -0.05) is 0 Å². The van der Waals surface area contributed by atoms with E-state index in [4.69, 9.17) is 0 Å². The Labute approximate surface area is 93.9 Å². The number of carbonyl (C=O) groups excluding carboxylic acids is 1. The highest BCUT2D eigenvalue weighted by Gasteiger charge is 2.11. The number of hydrogen-bond acceptors (Lipinski definition) is 3. The van der Waals surface area contributed by atoms with Gasteiger partial charge in [0, 0.05) is 6.20 Å². The average Bonchev–Trinajstić information content (AvgIpc) is 2.60. The highest BCUT2D eigenvalue weighted by molar-refractivity contribution is 5.94. The fraction of sp³-hybridized carbons (Fsp3) is 0.250. The molecule has 0 amide bonds. The molecule has 2 aromatic rings. The lowest BCUT2D eigenvalue weighted by Crippen LogP contribution is -2.03. The van der Waals surface area contributed by atoms with Gasteiger partial charge in [-0.15, -0.1) is 0 Å². The molecule has 0 N–H and O–H groups in total. The summed E-state index contributed by atoms with van der Waals surface area (Å²) < 4.78 is 1.68. The molecule has 4 heteroatoms. The third-order valence-electron chi connectivity index (χ3n) is 2.51. The molecule has 0 aliphatic rings. The predicted octanol–water partition coefficient (Wildman–Crippen LogP) is 2.09. The number of aryl methyl sites for hydroxylation is 1. The third kappa shape index (κ3) is 1.74. The van der Waals surface area contributed by atoms with Crippen molar-refractivity contribution < 1.29 is 4.79 Å². The van der Waals surface area contributed by atoms with Crippen molar-refractivity contribution in [3.8, 4) is 5.82 Å². The lowest BCUT2D eigenvalue weighted by Gasteiger charge is -2.04. The molecule has 16 heavy (non-hydrogen) atoms. The average molecular weight is 215 g/mol. The number of rotatable bonds is 2. The number of carbonyl (C=O) groups is 1. The molecule has 0 saturated carbocycles. The zero-order valence-corrected chi connectivity index (χ0v) is 9.56. The van der Waals surface area contributed by atoms with Gasteiger partial charge in [-0.05, 0) is 38.5 Å². The van der Waals surface area contributed by atoms with E-state index in [2.05, 4.69) is 10.1 Å². The van der Waals surface area contributed by atoms with Gasteiger partial charge >= 0.3 is 0 Å². The molecule has 0 atom stereocenters. The molecule has 0 spiro atoms. The Hall–Kier alpha value is -1.97. The minimum atomic E-state index is 0.0244. The Morgan fingerprint density at radius 1 is 1.38 bits per heavy atom. The predicted molar refractivity (Wildman–Crippen MR) is 60.8 cm³/mol. The molecule has 0 radical (unpaired) electrons. The van der Waals surface area contributed by atoms with Crippen LogP contribution in [0.5, 0.6) is 0 Å². The van der Waals surface area contributed by atoms with Crippen LogP contribution in [0.2, 0.25) is 0 Å². The Morgan fingerprint density at radius 3 is 2.69 bits per heavy atom. The van der Waals surface area contributed by atoms with Gasteiger partial charge < -0.3 is 0 Å². The standard InChI is InChI=1S/C12H13N3O/c1-8-4-5-13-12(6-8)15-9(2)11(7-14-15)10(3)16/h4-7H,1-3H3. The van der Waals surface area contributed by atoms with Crippen LogP contribution in [0, 0.1) is 13.8 Å². The first-order chi connectivity index (χ1) is 7.59. The molecular weight excluding hydrogens is 202 g/mol. The molecule has 0 fully saturated rings. The number of pyridine rings is 1. The van der Waals surface area contributed by atoms with E-state index >= 15 is 0 Å². The van der Waals surface area contributed by atoms with Crippen molar-refractivity contribution in [1.82, 2.24) is 14.8 Å². The monoisotopic (exact) mass is 215 g/mol. The fourth-order valence-electron chi connectivity index (χ4n) is 1.62. The van der Waals surface area contributed by atoms with Crippen molar-refractivity contribution >= 4 is 5.78 Å². The minimum absolute atomic E-state index is 0.0244. The summed E-state index contributed by atoms with van der Waals surface area (Å²) in [6.45, 7) is 5.40. The Bertz CT molecular complexity index is 543. The van der Waals surface area contributed by atoms with Crippen LogP contribution in [0.3, 0.4) is 0 Å². The molecule has 0 unspecified atom stereocenters. The van der Waals surface area contributed by atoms with Crippen LogP contribution < -0.4 is 0 Å². The zero-order valence-electron chi connectivity index (χ0n) is 9.56. The van der Waals surface area contributed by atoms with Gasteiger partial charge in [0.25, 0.3) is 0 Å². The molecule has 0 aliphatic carbocycles. The smallest absolute Gasteiger partial charge is 0.163 e. The Morgan fingerprint density at radius 2 is 2.12 bits per heavy atom. The number of Topliss-reactive ketones (excluding diaryl/α,β-unsaturated/α-hetero) is 1. The number of aromatic nitrogens is 3. The minimum Gasteiger partial charge on any atom is -0.294 e. The van der Waals surface area contributed by atoms with E-state index in [1.54, 1.807) is 17.1 Å². The van der Waals surface area contributed by atoms with E-state index < -0.39 is 0 Å². The molecule has 2 heterocycles. The molecular formula is C12H13N3O. The second kappa shape index (κ2) is 3.89. The van der Waals surface area contributed by atoms with E-state index in [1.807, 2.05) is 26.0 Å². The number of hydrogen-bond donors (Lipinski definition) is 0. The van der Waals surface area contributed by atoms with Crippen molar-refractivity contribution in [3.63, 3.8) is 0 Å². The van der Waals surface area contributed by atoms with Crippen molar-refractivity contribution in [2.24, 2.45) is 0 Å². The van der Waals surface area contributed by atoms with Crippen LogP contribution in [0.1, 0.15) is 28.5 Å². The van der Waals surface area contributed by atoms with E-state index in [0.717, 1.165) is 17.1 Å². The van der Waals surface area contributed by atoms with Crippen LogP contribution in [0.15, 0.2) is 24.5 Å². The quantitative estimate of drug-likeness (QED) is 0.721. The maximum atomic E-state index is 11.3. The summed E-state index contributed by atoms with van der Waals surface area (Å²) in [5, 5.41) is 4.18. The first kappa shape index (κ1) is 10.5. The van der Waals surface area contributed by atoms with Gasteiger partial charge in [0.2, 0.25) is 0 Å². The largest absolute Gasteiger partial charge is 0.294 e. The number of ketones is 1. The van der Waals surface area contributed by atoms with Gasteiger partial charge in [-0.3, -0.25) is 4.79 Å². The second-order valence-electron chi connectivity index (χ2n) is 3.80. The van der Waals surface area contributed by atoms with Gasteiger partial charge in [0.1, 0.15) is 0 Å². The summed E-state index contributed by atoms with van der Waals surface area (Å²) in [6, 6.07) is 3.86. The van der Waals surface area contributed by atoms with Crippen molar-refractivity contribution in [2.45, 2.75) is 20.8 Å². The third-order valence-corrected chi connectivity index (χ3v) is 2.51. The van der Waals surface area contributed by atoms with Crippen LogP contribution in [0.25, 0.3) is 5.82 Å². The van der Waals surface area contributed by atoms with Gasteiger partial charge in [0.15, 0.2) is 11.6 Å². The molecule has 2 aromatic heterocycles. The summed E-state index contributed by atoms with van der Waals surface area (Å²) in [6.07, 6.45) is 3.32. The summed E-state index contributed by atoms with van der Waals surface area (Å²) in [4.78, 5) is 15.5. The molecule has 0 bridgehead atoms. The molecule has 2 rings (SSSR count). The fourth-order valence-corrected chi connectivity index (χ4v) is 1.62. The molecule has 0 saturated heterocycles.